The van der Waals surface area contributed by atoms with E-state index in [1.54, 1.807) is 0 Å². The molecule has 2 nitrogen and oxygen atoms in total. The first-order valence-electron chi connectivity index (χ1n) is 4.57. The highest BCUT2D eigenvalue weighted by molar-refractivity contribution is 5.35. The zero-order valence-corrected chi connectivity index (χ0v) is 8.04. The number of rotatable bonds is 3. The van der Waals surface area contributed by atoms with Crippen molar-refractivity contribution in [1.29, 1.82) is 0 Å². The van der Waals surface area contributed by atoms with Gasteiger partial charge in [-0.2, -0.15) is 0 Å². The monoisotopic (exact) mass is 178 g/mol. The maximum Gasteiger partial charge on any atom is 0.122 e. The van der Waals surface area contributed by atoms with E-state index in [0.29, 0.717) is 12.7 Å². The highest BCUT2D eigenvalue weighted by Crippen LogP contribution is 2.20. The molecule has 1 saturated heterocycles. The van der Waals surface area contributed by atoms with Crippen molar-refractivity contribution in [3.05, 3.63) is 29.3 Å². The summed E-state index contributed by atoms with van der Waals surface area (Å²) in [5, 5.41) is 0. The van der Waals surface area contributed by atoms with E-state index in [2.05, 4.69) is 32.0 Å². The van der Waals surface area contributed by atoms with Gasteiger partial charge in [0.05, 0.1) is 6.61 Å². The van der Waals surface area contributed by atoms with Gasteiger partial charge in [-0.3, -0.25) is 0 Å². The van der Waals surface area contributed by atoms with Crippen LogP contribution in [0.4, 0.5) is 0 Å². The van der Waals surface area contributed by atoms with Crippen molar-refractivity contribution in [3.8, 4) is 5.75 Å². The Morgan fingerprint density at radius 1 is 1.46 bits per heavy atom. The second-order valence-electron chi connectivity index (χ2n) is 3.54. The summed E-state index contributed by atoms with van der Waals surface area (Å²) in [4.78, 5) is 0. The summed E-state index contributed by atoms with van der Waals surface area (Å²) in [6, 6.07) is 6.24. The van der Waals surface area contributed by atoms with Gasteiger partial charge in [-0.05, 0) is 31.0 Å². The van der Waals surface area contributed by atoms with Gasteiger partial charge in [0.25, 0.3) is 0 Å². The van der Waals surface area contributed by atoms with Gasteiger partial charge in [0.1, 0.15) is 18.5 Å². The van der Waals surface area contributed by atoms with Crippen LogP contribution in [0.3, 0.4) is 0 Å². The summed E-state index contributed by atoms with van der Waals surface area (Å²) >= 11 is 0. The molecule has 70 valence electrons. The number of benzene rings is 1. The van der Waals surface area contributed by atoms with Gasteiger partial charge in [0.2, 0.25) is 0 Å². The first kappa shape index (κ1) is 8.57. The van der Waals surface area contributed by atoms with Crippen molar-refractivity contribution in [2.45, 2.75) is 20.0 Å². The van der Waals surface area contributed by atoms with Gasteiger partial charge in [0.15, 0.2) is 0 Å². The molecule has 0 unspecified atom stereocenters. The van der Waals surface area contributed by atoms with Gasteiger partial charge >= 0.3 is 0 Å². The topological polar surface area (TPSA) is 21.8 Å². The lowest BCUT2D eigenvalue weighted by atomic mass is 10.1. The highest BCUT2D eigenvalue weighted by Gasteiger charge is 2.23. The van der Waals surface area contributed by atoms with Gasteiger partial charge in [0, 0.05) is 0 Å². The molecule has 0 aliphatic carbocycles. The summed E-state index contributed by atoms with van der Waals surface area (Å²) in [6.07, 6.45) is 0.333. The standard InChI is InChI=1S/C11H14O2/c1-8-3-4-9(2)11(5-8)13-7-10-6-12-10/h3-5,10H,6-7H2,1-2H3/t10-/m0/s1. The second-order valence-corrected chi connectivity index (χ2v) is 3.54. The molecule has 0 spiro atoms. The quantitative estimate of drug-likeness (QED) is 0.661. The largest absolute Gasteiger partial charge is 0.491 e. The maximum atomic E-state index is 5.62. The highest BCUT2D eigenvalue weighted by atomic mass is 16.6. The molecular formula is C11H14O2. The lowest BCUT2D eigenvalue weighted by Crippen LogP contribution is -2.05. The smallest absolute Gasteiger partial charge is 0.122 e. The molecule has 2 rings (SSSR count). The van der Waals surface area contributed by atoms with E-state index in [0.717, 1.165) is 12.4 Å². The molecule has 0 radical (unpaired) electrons. The summed E-state index contributed by atoms with van der Waals surface area (Å²) in [5.74, 6) is 0.982. The Labute approximate surface area is 78.5 Å². The van der Waals surface area contributed by atoms with Crippen molar-refractivity contribution in [3.63, 3.8) is 0 Å². The summed E-state index contributed by atoms with van der Waals surface area (Å²) in [7, 11) is 0. The van der Waals surface area contributed by atoms with Gasteiger partial charge in [-0.25, -0.2) is 0 Å². The third-order valence-electron chi connectivity index (χ3n) is 2.17. The van der Waals surface area contributed by atoms with Crippen molar-refractivity contribution in [1.82, 2.24) is 0 Å². The van der Waals surface area contributed by atoms with Crippen LogP contribution in [0, 0.1) is 13.8 Å². The van der Waals surface area contributed by atoms with Crippen molar-refractivity contribution in [2.75, 3.05) is 13.2 Å². The summed E-state index contributed by atoms with van der Waals surface area (Å²) in [6.45, 7) is 5.66. The van der Waals surface area contributed by atoms with Gasteiger partial charge in [-0.1, -0.05) is 12.1 Å². The second kappa shape index (κ2) is 3.38. The fraction of sp³-hybridized carbons (Fsp3) is 0.455. The molecule has 1 aromatic rings. The number of ether oxygens (including phenoxy) is 2. The molecule has 0 aromatic heterocycles. The van der Waals surface area contributed by atoms with Crippen LogP contribution >= 0.6 is 0 Å². The molecule has 0 saturated carbocycles. The van der Waals surface area contributed by atoms with E-state index in [1.807, 2.05) is 0 Å². The Kier molecular flexibility index (Phi) is 2.23. The number of aryl methyl sites for hydroxylation is 2. The van der Waals surface area contributed by atoms with Crippen molar-refractivity contribution < 1.29 is 9.47 Å². The number of hydrogen-bond donors (Lipinski definition) is 0. The van der Waals surface area contributed by atoms with Crippen molar-refractivity contribution in [2.24, 2.45) is 0 Å². The number of epoxide rings is 1. The number of hydrogen-bond acceptors (Lipinski definition) is 2. The van der Waals surface area contributed by atoms with Crippen LogP contribution in [-0.4, -0.2) is 19.3 Å². The molecule has 1 aliphatic heterocycles. The van der Waals surface area contributed by atoms with Crippen LogP contribution in [0.5, 0.6) is 5.75 Å². The summed E-state index contributed by atoms with van der Waals surface area (Å²) < 4.78 is 10.7. The first-order valence-corrected chi connectivity index (χ1v) is 4.57. The van der Waals surface area contributed by atoms with E-state index in [4.69, 9.17) is 9.47 Å². The molecule has 1 fully saturated rings. The fourth-order valence-electron chi connectivity index (χ4n) is 1.21. The fourth-order valence-corrected chi connectivity index (χ4v) is 1.21. The average molecular weight is 178 g/mol. The molecule has 0 N–H and O–H groups in total. The van der Waals surface area contributed by atoms with Crippen LogP contribution in [0.25, 0.3) is 0 Å². The van der Waals surface area contributed by atoms with Gasteiger partial charge < -0.3 is 9.47 Å². The first-order chi connectivity index (χ1) is 6.25. The van der Waals surface area contributed by atoms with E-state index in [1.165, 1.54) is 11.1 Å². The van der Waals surface area contributed by atoms with Crippen molar-refractivity contribution >= 4 is 0 Å². The Balaban J connectivity index is 2.03. The minimum atomic E-state index is 0.333. The minimum absolute atomic E-state index is 0.333. The zero-order chi connectivity index (χ0) is 9.26. The Morgan fingerprint density at radius 3 is 2.92 bits per heavy atom. The molecule has 1 heterocycles. The Bertz CT molecular complexity index is 303. The van der Waals surface area contributed by atoms with Crippen LogP contribution < -0.4 is 4.74 Å². The van der Waals surface area contributed by atoms with E-state index in [-0.39, 0.29) is 0 Å². The SMILES string of the molecule is Cc1ccc(C)c(OC[C@@H]2CO2)c1. The predicted molar refractivity (Wildman–Crippen MR) is 51.2 cm³/mol. The maximum absolute atomic E-state index is 5.62. The van der Waals surface area contributed by atoms with E-state index in [9.17, 15) is 0 Å². The molecular weight excluding hydrogens is 164 g/mol. The zero-order valence-electron chi connectivity index (χ0n) is 8.04. The Morgan fingerprint density at radius 2 is 2.23 bits per heavy atom. The average Bonchev–Trinajstić information content (AvgIpc) is 2.90. The molecule has 1 aromatic carbocycles. The molecule has 1 atom stereocenters. The Hall–Kier alpha value is -1.02. The minimum Gasteiger partial charge on any atom is -0.491 e. The van der Waals surface area contributed by atoms with Gasteiger partial charge in [-0.15, -0.1) is 0 Å². The van der Waals surface area contributed by atoms with Crippen LogP contribution in [-0.2, 0) is 4.74 Å². The molecule has 2 heteroatoms. The third-order valence-corrected chi connectivity index (χ3v) is 2.17. The van der Waals surface area contributed by atoms with E-state index < -0.39 is 0 Å². The molecule has 0 amide bonds. The third kappa shape index (κ3) is 2.22. The summed E-state index contributed by atoms with van der Waals surface area (Å²) in [5.41, 5.74) is 2.42. The normalized spacial score (nSPS) is 20.0. The van der Waals surface area contributed by atoms with E-state index >= 15 is 0 Å². The lowest BCUT2D eigenvalue weighted by molar-refractivity contribution is 0.261. The molecule has 13 heavy (non-hydrogen) atoms. The van der Waals surface area contributed by atoms with Crippen LogP contribution in [0.2, 0.25) is 0 Å². The van der Waals surface area contributed by atoms with Crippen LogP contribution in [0.1, 0.15) is 11.1 Å². The molecule has 1 aliphatic rings. The predicted octanol–water partition coefficient (Wildman–Crippen LogP) is 2.08. The molecule has 0 bridgehead atoms. The lowest BCUT2D eigenvalue weighted by Gasteiger charge is -2.08. The van der Waals surface area contributed by atoms with Crippen LogP contribution in [0.15, 0.2) is 18.2 Å².